The van der Waals surface area contributed by atoms with Gasteiger partial charge in [-0.25, -0.2) is 9.67 Å². The lowest BCUT2D eigenvalue weighted by molar-refractivity contribution is -0.134. The van der Waals surface area contributed by atoms with Crippen molar-refractivity contribution in [3.63, 3.8) is 0 Å². The maximum absolute atomic E-state index is 12.4. The van der Waals surface area contributed by atoms with Crippen molar-refractivity contribution in [3.05, 3.63) is 42.5 Å². The molecule has 116 valence electrons. The van der Waals surface area contributed by atoms with Gasteiger partial charge >= 0.3 is 0 Å². The van der Waals surface area contributed by atoms with Gasteiger partial charge < -0.3 is 9.80 Å². The van der Waals surface area contributed by atoms with Gasteiger partial charge in [-0.05, 0) is 25.5 Å². The summed E-state index contributed by atoms with van der Waals surface area (Å²) in [6.07, 6.45) is 3.03. The number of carbonyl (C=O) groups excluding carboxylic acids is 1. The molecule has 6 heteroatoms. The second-order valence-corrected chi connectivity index (χ2v) is 5.76. The summed E-state index contributed by atoms with van der Waals surface area (Å²) in [7, 11) is 0. The third kappa shape index (κ3) is 2.95. The Morgan fingerprint density at radius 2 is 2.14 bits per heavy atom. The van der Waals surface area contributed by atoms with Crippen molar-refractivity contribution in [1.82, 2.24) is 19.7 Å². The van der Waals surface area contributed by atoms with E-state index in [9.17, 15) is 4.79 Å². The molecule has 0 spiro atoms. The summed E-state index contributed by atoms with van der Waals surface area (Å²) in [5.74, 6) is 0.0995. The van der Waals surface area contributed by atoms with Crippen LogP contribution in [0.2, 0.25) is 0 Å². The second kappa shape index (κ2) is 6.17. The third-order valence-electron chi connectivity index (χ3n) is 4.17. The number of hydrogen-bond acceptors (Lipinski definition) is 4. The van der Waals surface area contributed by atoms with E-state index in [1.807, 2.05) is 4.90 Å². The highest BCUT2D eigenvalue weighted by Gasteiger charge is 2.28. The molecule has 3 rings (SSSR count). The number of aryl methyl sites for hydroxylation is 1. The molecule has 0 bridgehead atoms. The fraction of sp³-hybridized carbons (Fsp3) is 0.438. The average molecular weight is 299 g/mol. The molecule has 0 N–H and O–H groups in total. The molecule has 0 radical (unpaired) electrons. The van der Waals surface area contributed by atoms with Crippen LogP contribution in [0, 0.1) is 6.92 Å². The summed E-state index contributed by atoms with van der Waals surface area (Å²) < 4.78 is 1.57. The first-order valence-electron chi connectivity index (χ1n) is 7.57. The number of nitrogens with zero attached hydrogens (tertiary/aromatic N) is 5. The van der Waals surface area contributed by atoms with Crippen LogP contribution in [-0.2, 0) is 11.3 Å². The van der Waals surface area contributed by atoms with Gasteiger partial charge in [0, 0.05) is 31.4 Å². The Labute approximate surface area is 130 Å². The number of piperazine rings is 1. The monoisotopic (exact) mass is 299 g/mol. The van der Waals surface area contributed by atoms with Gasteiger partial charge in [0.1, 0.15) is 19.2 Å². The van der Waals surface area contributed by atoms with E-state index in [0.29, 0.717) is 0 Å². The number of para-hydroxylation sites is 1. The molecule has 22 heavy (non-hydrogen) atoms. The van der Waals surface area contributed by atoms with Gasteiger partial charge in [-0.1, -0.05) is 18.2 Å². The average Bonchev–Trinajstić information content (AvgIpc) is 3.00. The van der Waals surface area contributed by atoms with Gasteiger partial charge in [-0.3, -0.25) is 4.79 Å². The number of rotatable bonds is 3. The normalized spacial score (nSPS) is 18.5. The van der Waals surface area contributed by atoms with Gasteiger partial charge in [0.15, 0.2) is 0 Å². The van der Waals surface area contributed by atoms with Gasteiger partial charge in [0.25, 0.3) is 0 Å². The van der Waals surface area contributed by atoms with Crippen LogP contribution in [-0.4, -0.2) is 51.2 Å². The van der Waals surface area contributed by atoms with Crippen molar-refractivity contribution in [1.29, 1.82) is 0 Å². The highest BCUT2D eigenvalue weighted by atomic mass is 16.2. The Kier molecular flexibility index (Phi) is 4.09. The summed E-state index contributed by atoms with van der Waals surface area (Å²) in [5.41, 5.74) is 2.54. The van der Waals surface area contributed by atoms with E-state index < -0.39 is 0 Å². The van der Waals surface area contributed by atoms with E-state index in [4.69, 9.17) is 0 Å². The number of aromatic nitrogens is 3. The van der Waals surface area contributed by atoms with E-state index in [1.165, 1.54) is 17.6 Å². The van der Waals surface area contributed by atoms with E-state index in [1.54, 1.807) is 11.0 Å². The van der Waals surface area contributed by atoms with Crippen molar-refractivity contribution in [2.24, 2.45) is 0 Å². The van der Waals surface area contributed by atoms with Gasteiger partial charge in [-0.2, -0.15) is 5.10 Å². The van der Waals surface area contributed by atoms with E-state index in [-0.39, 0.29) is 18.5 Å². The Morgan fingerprint density at radius 1 is 1.32 bits per heavy atom. The Morgan fingerprint density at radius 3 is 2.82 bits per heavy atom. The zero-order chi connectivity index (χ0) is 15.5. The first-order valence-corrected chi connectivity index (χ1v) is 7.57. The number of anilines is 1. The number of amides is 1. The minimum atomic E-state index is 0.0995. The van der Waals surface area contributed by atoms with Crippen molar-refractivity contribution >= 4 is 11.6 Å². The maximum atomic E-state index is 12.4. The van der Waals surface area contributed by atoms with E-state index in [0.717, 1.165) is 19.6 Å². The molecular formula is C16H21N5O. The van der Waals surface area contributed by atoms with Crippen LogP contribution in [0.5, 0.6) is 0 Å². The molecule has 0 saturated carbocycles. The van der Waals surface area contributed by atoms with E-state index >= 15 is 0 Å². The minimum absolute atomic E-state index is 0.0995. The standard InChI is InChI=1S/C16H21N5O/c1-13-5-3-4-6-15(13)19-7-8-21(14(2)9-19)16(22)10-20-12-17-11-18-20/h3-6,11-12,14H,7-10H2,1-2H3. The molecule has 1 aliphatic rings. The lowest BCUT2D eigenvalue weighted by Crippen LogP contribution is -2.55. The highest BCUT2D eigenvalue weighted by Crippen LogP contribution is 2.22. The predicted molar refractivity (Wildman–Crippen MR) is 84.6 cm³/mol. The summed E-state index contributed by atoms with van der Waals surface area (Å²) in [6, 6.07) is 8.58. The van der Waals surface area contributed by atoms with Crippen molar-refractivity contribution < 1.29 is 4.79 Å². The summed E-state index contributed by atoms with van der Waals surface area (Å²) >= 11 is 0. The quantitative estimate of drug-likeness (QED) is 0.858. The summed E-state index contributed by atoms with van der Waals surface area (Å²) in [6.45, 7) is 6.94. The molecule has 2 heterocycles. The molecule has 6 nitrogen and oxygen atoms in total. The molecule has 1 atom stereocenters. The van der Waals surface area contributed by atoms with Crippen molar-refractivity contribution in [3.8, 4) is 0 Å². The van der Waals surface area contributed by atoms with Crippen LogP contribution in [0.3, 0.4) is 0 Å². The topological polar surface area (TPSA) is 54.3 Å². The van der Waals surface area contributed by atoms with Crippen molar-refractivity contribution in [2.45, 2.75) is 26.4 Å². The van der Waals surface area contributed by atoms with E-state index in [2.05, 4.69) is 53.1 Å². The zero-order valence-electron chi connectivity index (χ0n) is 13.0. The molecule has 2 aromatic rings. The van der Waals surface area contributed by atoms with Crippen LogP contribution in [0.4, 0.5) is 5.69 Å². The third-order valence-corrected chi connectivity index (χ3v) is 4.17. The fourth-order valence-corrected chi connectivity index (χ4v) is 3.01. The fourth-order valence-electron chi connectivity index (χ4n) is 3.01. The zero-order valence-corrected chi connectivity index (χ0v) is 13.0. The number of benzene rings is 1. The van der Waals surface area contributed by atoms with Crippen LogP contribution < -0.4 is 4.90 Å². The molecule has 0 aliphatic carbocycles. The SMILES string of the molecule is Cc1ccccc1N1CCN(C(=O)Cn2cncn2)C(C)C1. The Bertz CT molecular complexity index is 640. The van der Waals surface area contributed by atoms with Crippen LogP contribution >= 0.6 is 0 Å². The highest BCUT2D eigenvalue weighted by molar-refractivity contribution is 5.76. The maximum Gasteiger partial charge on any atom is 0.244 e. The number of carbonyl (C=O) groups is 1. The number of hydrogen-bond donors (Lipinski definition) is 0. The largest absolute Gasteiger partial charge is 0.367 e. The van der Waals surface area contributed by atoms with Crippen molar-refractivity contribution in [2.75, 3.05) is 24.5 Å². The van der Waals surface area contributed by atoms with Gasteiger partial charge in [0.2, 0.25) is 5.91 Å². The second-order valence-electron chi connectivity index (χ2n) is 5.76. The molecular weight excluding hydrogens is 278 g/mol. The van der Waals surface area contributed by atoms with Crippen LogP contribution in [0.1, 0.15) is 12.5 Å². The molecule has 1 amide bonds. The molecule has 1 saturated heterocycles. The molecule has 1 unspecified atom stereocenters. The van der Waals surface area contributed by atoms with Gasteiger partial charge in [-0.15, -0.1) is 0 Å². The summed E-state index contributed by atoms with van der Waals surface area (Å²) in [4.78, 5) is 20.6. The lowest BCUT2D eigenvalue weighted by Gasteiger charge is -2.41. The van der Waals surface area contributed by atoms with Crippen LogP contribution in [0.15, 0.2) is 36.9 Å². The first kappa shape index (κ1) is 14.6. The van der Waals surface area contributed by atoms with Gasteiger partial charge in [0.05, 0.1) is 0 Å². The predicted octanol–water partition coefficient (Wildman–Crippen LogP) is 1.32. The molecule has 1 aromatic carbocycles. The first-order chi connectivity index (χ1) is 10.6. The smallest absolute Gasteiger partial charge is 0.244 e. The molecule has 1 aromatic heterocycles. The van der Waals surface area contributed by atoms with Crippen LogP contribution in [0.25, 0.3) is 0 Å². The Hall–Kier alpha value is -2.37. The molecule has 1 aliphatic heterocycles. The Balaban J connectivity index is 1.65. The summed E-state index contributed by atoms with van der Waals surface area (Å²) in [5, 5.41) is 4.00. The lowest BCUT2D eigenvalue weighted by atomic mass is 10.1. The molecule has 1 fully saturated rings. The minimum Gasteiger partial charge on any atom is -0.367 e.